The first kappa shape index (κ1) is 27.5. The third kappa shape index (κ3) is 8.89. The van der Waals surface area contributed by atoms with E-state index in [2.05, 4.69) is 21.3 Å². The molecule has 0 fully saturated rings. The SMILES string of the molecule is CC[C@@H](C=O)NC(=O)[C@H](CC)NC(=O)[C@H](CC)NC(=O)[C@H](CC)NC(=O)[C@@H](N)CC. The van der Waals surface area contributed by atoms with Crippen molar-refractivity contribution < 1.29 is 24.0 Å². The van der Waals surface area contributed by atoms with Gasteiger partial charge in [-0.1, -0.05) is 34.6 Å². The zero-order valence-corrected chi connectivity index (χ0v) is 18.6. The zero-order chi connectivity index (χ0) is 23.3. The van der Waals surface area contributed by atoms with Crippen LogP contribution in [0.1, 0.15) is 66.7 Å². The van der Waals surface area contributed by atoms with Gasteiger partial charge in [-0.3, -0.25) is 19.2 Å². The van der Waals surface area contributed by atoms with Crippen LogP contribution in [0.4, 0.5) is 0 Å². The Labute approximate surface area is 178 Å². The fourth-order valence-corrected chi connectivity index (χ4v) is 2.58. The number of hydrogen-bond donors (Lipinski definition) is 5. The first-order valence-corrected chi connectivity index (χ1v) is 10.6. The molecule has 0 bridgehead atoms. The van der Waals surface area contributed by atoms with Crippen molar-refractivity contribution in [2.75, 3.05) is 0 Å². The molecule has 0 radical (unpaired) electrons. The van der Waals surface area contributed by atoms with E-state index in [0.717, 1.165) is 0 Å². The molecule has 172 valence electrons. The summed E-state index contributed by atoms with van der Waals surface area (Å²) >= 11 is 0. The highest BCUT2D eigenvalue weighted by Crippen LogP contribution is 2.01. The van der Waals surface area contributed by atoms with E-state index < -0.39 is 53.8 Å². The maximum Gasteiger partial charge on any atom is 0.243 e. The molecular weight excluding hydrogens is 390 g/mol. The van der Waals surface area contributed by atoms with E-state index in [-0.39, 0.29) is 0 Å². The summed E-state index contributed by atoms with van der Waals surface area (Å²) in [6, 6.07) is -3.85. The van der Waals surface area contributed by atoms with E-state index in [9.17, 15) is 24.0 Å². The molecule has 0 aromatic carbocycles. The maximum atomic E-state index is 12.6. The number of hydrogen-bond acceptors (Lipinski definition) is 6. The fraction of sp³-hybridized carbons (Fsp3) is 0.750. The number of carbonyl (C=O) groups excluding carboxylic acids is 5. The third-order valence-electron chi connectivity index (χ3n) is 4.83. The monoisotopic (exact) mass is 427 g/mol. The third-order valence-corrected chi connectivity index (χ3v) is 4.83. The lowest BCUT2D eigenvalue weighted by atomic mass is 10.1. The summed E-state index contributed by atoms with van der Waals surface area (Å²) in [5, 5.41) is 10.4. The van der Waals surface area contributed by atoms with Crippen LogP contribution in [0.25, 0.3) is 0 Å². The maximum absolute atomic E-state index is 12.6. The smallest absolute Gasteiger partial charge is 0.243 e. The summed E-state index contributed by atoms with van der Waals surface area (Å²) < 4.78 is 0. The van der Waals surface area contributed by atoms with Gasteiger partial charge in [-0.25, -0.2) is 0 Å². The Hall–Kier alpha value is -2.49. The van der Waals surface area contributed by atoms with Gasteiger partial charge in [-0.2, -0.15) is 0 Å². The summed E-state index contributed by atoms with van der Waals surface area (Å²) in [5.74, 6) is -1.90. The molecule has 0 aliphatic rings. The predicted octanol–water partition coefficient (Wildman–Crippen LogP) is -0.498. The van der Waals surface area contributed by atoms with E-state index in [1.165, 1.54) is 0 Å². The number of rotatable bonds is 14. The van der Waals surface area contributed by atoms with Gasteiger partial charge in [0.1, 0.15) is 24.4 Å². The number of amides is 4. The van der Waals surface area contributed by atoms with Gasteiger partial charge < -0.3 is 31.8 Å². The van der Waals surface area contributed by atoms with E-state index in [4.69, 9.17) is 5.73 Å². The minimum atomic E-state index is -0.877. The summed E-state index contributed by atoms with van der Waals surface area (Å²) in [6.07, 6.45) is 2.47. The van der Waals surface area contributed by atoms with Crippen LogP contribution in [0, 0.1) is 0 Å². The van der Waals surface area contributed by atoms with Crippen LogP contribution < -0.4 is 27.0 Å². The Bertz CT molecular complexity index is 598. The highest BCUT2D eigenvalue weighted by atomic mass is 16.2. The Kier molecular flexibility index (Phi) is 13.3. The molecule has 0 aliphatic carbocycles. The molecule has 0 spiro atoms. The van der Waals surface area contributed by atoms with E-state index in [0.29, 0.717) is 38.4 Å². The van der Waals surface area contributed by atoms with Crippen molar-refractivity contribution in [3.05, 3.63) is 0 Å². The van der Waals surface area contributed by atoms with Crippen LogP contribution in [0.3, 0.4) is 0 Å². The Morgan fingerprint density at radius 2 is 1.00 bits per heavy atom. The molecule has 6 N–H and O–H groups in total. The van der Waals surface area contributed by atoms with Crippen molar-refractivity contribution in [3.8, 4) is 0 Å². The van der Waals surface area contributed by atoms with Crippen molar-refractivity contribution in [1.82, 2.24) is 21.3 Å². The largest absolute Gasteiger partial charge is 0.345 e. The summed E-state index contributed by atoms with van der Waals surface area (Å²) in [6.45, 7) is 8.71. The predicted molar refractivity (Wildman–Crippen MR) is 113 cm³/mol. The zero-order valence-electron chi connectivity index (χ0n) is 18.6. The second-order valence-corrected chi connectivity index (χ2v) is 7.08. The summed E-state index contributed by atoms with van der Waals surface area (Å²) in [7, 11) is 0. The highest BCUT2D eigenvalue weighted by molar-refractivity contribution is 5.95. The molecule has 0 rings (SSSR count). The molecular formula is C20H37N5O5. The van der Waals surface area contributed by atoms with Crippen molar-refractivity contribution in [2.24, 2.45) is 5.73 Å². The molecule has 30 heavy (non-hydrogen) atoms. The van der Waals surface area contributed by atoms with Crippen LogP contribution >= 0.6 is 0 Å². The van der Waals surface area contributed by atoms with Crippen LogP contribution in [0.2, 0.25) is 0 Å². The lowest BCUT2D eigenvalue weighted by Crippen LogP contribution is -2.57. The average molecular weight is 428 g/mol. The van der Waals surface area contributed by atoms with Gasteiger partial charge >= 0.3 is 0 Å². The van der Waals surface area contributed by atoms with E-state index in [1.807, 2.05) is 0 Å². The molecule has 0 unspecified atom stereocenters. The molecule has 5 atom stereocenters. The summed E-state index contributed by atoms with van der Waals surface area (Å²) in [4.78, 5) is 60.4. The van der Waals surface area contributed by atoms with E-state index >= 15 is 0 Å². The molecule has 4 amide bonds. The van der Waals surface area contributed by atoms with Crippen molar-refractivity contribution in [3.63, 3.8) is 0 Å². The standard InChI is InChI=1S/C20H37N5O5/c1-6-12(11-26)22-18(28)14(8-3)24-20(30)16(10-5)25-19(29)15(9-4)23-17(27)13(21)7-2/h11-16H,6-10,21H2,1-5H3,(H,22,28)(H,23,27)(H,24,30)(H,25,29)/t12-,13-,14-,15-,16-/m0/s1. The molecule has 10 heteroatoms. The van der Waals surface area contributed by atoms with Gasteiger partial charge in [-0.05, 0) is 32.1 Å². The van der Waals surface area contributed by atoms with Gasteiger partial charge in [0.2, 0.25) is 23.6 Å². The normalized spacial score (nSPS) is 15.7. The van der Waals surface area contributed by atoms with Crippen LogP contribution in [-0.2, 0) is 24.0 Å². The molecule has 0 saturated heterocycles. The highest BCUT2D eigenvalue weighted by Gasteiger charge is 2.28. The first-order chi connectivity index (χ1) is 14.2. The lowest BCUT2D eigenvalue weighted by Gasteiger charge is -2.25. The minimum Gasteiger partial charge on any atom is -0.345 e. The van der Waals surface area contributed by atoms with E-state index in [1.54, 1.807) is 34.6 Å². The van der Waals surface area contributed by atoms with Gasteiger partial charge in [-0.15, -0.1) is 0 Å². The molecule has 0 aromatic heterocycles. The first-order valence-electron chi connectivity index (χ1n) is 10.6. The minimum absolute atomic E-state index is 0.292. The number of nitrogens with two attached hydrogens (primary N) is 1. The van der Waals surface area contributed by atoms with Crippen molar-refractivity contribution in [2.45, 2.75) is 96.9 Å². The Morgan fingerprint density at radius 1 is 0.633 bits per heavy atom. The number of nitrogens with one attached hydrogen (secondary N) is 4. The molecule has 0 heterocycles. The average Bonchev–Trinajstić information content (AvgIpc) is 2.75. The Balaban J connectivity index is 5.02. The molecule has 10 nitrogen and oxygen atoms in total. The van der Waals surface area contributed by atoms with Gasteiger partial charge in [0, 0.05) is 0 Å². The lowest BCUT2D eigenvalue weighted by molar-refractivity contribution is -0.134. The van der Waals surface area contributed by atoms with Gasteiger partial charge in [0.15, 0.2) is 0 Å². The second kappa shape index (κ2) is 14.5. The molecule has 0 saturated carbocycles. The van der Waals surface area contributed by atoms with Crippen LogP contribution in [0.15, 0.2) is 0 Å². The van der Waals surface area contributed by atoms with Gasteiger partial charge in [0.25, 0.3) is 0 Å². The van der Waals surface area contributed by atoms with Crippen molar-refractivity contribution in [1.29, 1.82) is 0 Å². The fourth-order valence-electron chi connectivity index (χ4n) is 2.58. The molecule has 0 aliphatic heterocycles. The topological polar surface area (TPSA) is 159 Å². The Morgan fingerprint density at radius 3 is 1.30 bits per heavy atom. The number of carbonyl (C=O) groups is 5. The van der Waals surface area contributed by atoms with Crippen LogP contribution in [0.5, 0.6) is 0 Å². The number of aldehydes is 1. The summed E-state index contributed by atoms with van der Waals surface area (Å²) in [5.41, 5.74) is 5.68. The second-order valence-electron chi connectivity index (χ2n) is 7.08. The van der Waals surface area contributed by atoms with Crippen LogP contribution in [-0.4, -0.2) is 60.1 Å². The quantitative estimate of drug-likeness (QED) is 0.235. The molecule has 0 aromatic rings. The van der Waals surface area contributed by atoms with Crippen molar-refractivity contribution >= 4 is 29.9 Å². The van der Waals surface area contributed by atoms with Gasteiger partial charge in [0.05, 0.1) is 12.1 Å².